The molecule has 0 spiro atoms. The first kappa shape index (κ1) is 37.3. The van der Waals surface area contributed by atoms with Gasteiger partial charge >= 0.3 is 29.8 Å². The summed E-state index contributed by atoms with van der Waals surface area (Å²) in [6.07, 6.45) is 9.72. The number of halogens is 1. The molecule has 1 aliphatic carbocycles. The second kappa shape index (κ2) is 17.4. The van der Waals surface area contributed by atoms with Crippen molar-refractivity contribution in [3.63, 3.8) is 0 Å². The van der Waals surface area contributed by atoms with Crippen molar-refractivity contribution in [2.45, 2.75) is 76.0 Å². The van der Waals surface area contributed by atoms with Gasteiger partial charge in [0.2, 0.25) is 0 Å². The minimum atomic E-state index is -0.859. The lowest BCUT2D eigenvalue weighted by Gasteiger charge is -2.33. The van der Waals surface area contributed by atoms with Gasteiger partial charge in [-0.25, -0.2) is 4.39 Å². The largest absolute Gasteiger partial charge is 0.427 e. The van der Waals surface area contributed by atoms with Crippen molar-refractivity contribution in [3.8, 4) is 11.5 Å². The van der Waals surface area contributed by atoms with Crippen LogP contribution in [0.1, 0.15) is 103 Å². The van der Waals surface area contributed by atoms with Gasteiger partial charge < -0.3 is 19.1 Å². The Bertz CT molecular complexity index is 1880. The number of benzene rings is 3. The molecular formula is C41H39FO11. The van der Waals surface area contributed by atoms with E-state index in [0.717, 1.165) is 44.1 Å². The van der Waals surface area contributed by atoms with Crippen molar-refractivity contribution >= 4 is 41.7 Å². The molecule has 53 heavy (non-hydrogen) atoms. The summed E-state index contributed by atoms with van der Waals surface area (Å²) in [7, 11) is 0. The molecule has 4 unspecified atom stereocenters. The predicted octanol–water partition coefficient (Wildman–Crippen LogP) is 7.12. The van der Waals surface area contributed by atoms with Crippen LogP contribution in [-0.2, 0) is 38.3 Å². The highest BCUT2D eigenvalue weighted by Crippen LogP contribution is 2.51. The monoisotopic (exact) mass is 726 g/mol. The van der Waals surface area contributed by atoms with Gasteiger partial charge in [0, 0.05) is 12.0 Å². The number of unbranched alkanes of at least 4 members (excludes halogenated alkanes) is 6. The summed E-state index contributed by atoms with van der Waals surface area (Å²) in [4.78, 5) is 84.7. The van der Waals surface area contributed by atoms with Crippen molar-refractivity contribution in [1.82, 2.24) is 0 Å². The van der Waals surface area contributed by atoms with Gasteiger partial charge in [0.05, 0.1) is 30.8 Å². The second-order valence-corrected chi connectivity index (χ2v) is 13.4. The summed E-state index contributed by atoms with van der Waals surface area (Å²) in [6, 6.07) is 17.3. The number of carbonyl (C=O) groups excluding carboxylic acids is 6. The number of hydrogen-bond donors (Lipinski definition) is 0. The van der Waals surface area contributed by atoms with Crippen molar-refractivity contribution in [2.24, 2.45) is 11.8 Å². The van der Waals surface area contributed by atoms with Gasteiger partial charge in [0.1, 0.15) is 11.6 Å². The molecule has 2 aliphatic heterocycles. The Morgan fingerprint density at radius 2 is 1.40 bits per heavy atom. The summed E-state index contributed by atoms with van der Waals surface area (Å²) in [5, 5.41) is 0. The molecule has 4 atom stereocenters. The van der Waals surface area contributed by atoms with Crippen LogP contribution >= 0.6 is 0 Å². The zero-order valence-electron chi connectivity index (χ0n) is 29.0. The lowest BCUT2D eigenvalue weighted by molar-refractivity contribution is -0.207. The topological polar surface area (TPSA) is 149 Å². The van der Waals surface area contributed by atoms with Crippen LogP contribution in [-0.4, -0.2) is 42.2 Å². The lowest BCUT2D eigenvalue weighted by atomic mass is 9.67. The fourth-order valence-corrected chi connectivity index (χ4v) is 7.04. The van der Waals surface area contributed by atoms with Crippen LogP contribution in [0.3, 0.4) is 0 Å². The van der Waals surface area contributed by atoms with E-state index in [1.54, 1.807) is 48.5 Å². The highest BCUT2D eigenvalue weighted by atomic mass is 19.1. The quantitative estimate of drug-likeness (QED) is 0.0205. The smallest absolute Gasteiger partial charge is 0.321 e. The van der Waals surface area contributed by atoms with Crippen LogP contribution in [0.4, 0.5) is 4.39 Å². The Morgan fingerprint density at radius 3 is 2.11 bits per heavy atom. The van der Waals surface area contributed by atoms with Gasteiger partial charge in [-0.15, -0.1) is 0 Å². The van der Waals surface area contributed by atoms with Crippen molar-refractivity contribution in [1.29, 1.82) is 0 Å². The van der Waals surface area contributed by atoms with E-state index in [1.165, 1.54) is 30.3 Å². The summed E-state index contributed by atoms with van der Waals surface area (Å²) >= 11 is 0. The van der Waals surface area contributed by atoms with Crippen LogP contribution in [0.5, 0.6) is 11.5 Å². The fraction of sp³-hybridized carbons (Fsp3) is 0.366. The Hall–Kier alpha value is -5.49. The third kappa shape index (κ3) is 9.50. The minimum Gasteiger partial charge on any atom is -0.427 e. The Morgan fingerprint density at radius 1 is 0.717 bits per heavy atom. The SMILES string of the molecule is O=C1CC(C2CC3C(=O)OC(=O)C3c3cc(OC(=O)CCCCCCCCCOOc4ccc(/C=C/C(=O)c5ccc(F)cc5)cc4)ccc32)C(=O)O1. The van der Waals surface area contributed by atoms with Gasteiger partial charge in [-0.05, 0) is 96.5 Å². The molecule has 2 heterocycles. The molecule has 2 saturated heterocycles. The molecule has 3 aromatic rings. The van der Waals surface area contributed by atoms with Crippen LogP contribution in [0.2, 0.25) is 0 Å². The van der Waals surface area contributed by atoms with Gasteiger partial charge in [-0.2, -0.15) is 4.89 Å². The number of cyclic esters (lactones) is 4. The van der Waals surface area contributed by atoms with E-state index in [4.69, 9.17) is 24.0 Å². The molecule has 0 N–H and O–H groups in total. The first-order valence-corrected chi connectivity index (χ1v) is 17.9. The van der Waals surface area contributed by atoms with E-state index in [9.17, 15) is 33.2 Å². The van der Waals surface area contributed by atoms with Crippen LogP contribution in [0, 0.1) is 17.7 Å². The predicted molar refractivity (Wildman–Crippen MR) is 186 cm³/mol. The molecule has 0 bridgehead atoms. The zero-order valence-corrected chi connectivity index (χ0v) is 29.0. The van der Waals surface area contributed by atoms with Crippen LogP contribution < -0.4 is 9.62 Å². The molecule has 2 fully saturated rings. The maximum absolute atomic E-state index is 13.0. The number of ketones is 1. The van der Waals surface area contributed by atoms with E-state index in [1.807, 2.05) is 0 Å². The third-order valence-corrected chi connectivity index (χ3v) is 9.78. The van der Waals surface area contributed by atoms with Gasteiger partial charge in [-0.3, -0.25) is 28.8 Å². The Labute approximate surface area is 305 Å². The number of allylic oxidation sites excluding steroid dienone is 1. The first-order chi connectivity index (χ1) is 25.7. The van der Waals surface area contributed by atoms with Crippen molar-refractivity contribution in [2.75, 3.05) is 6.61 Å². The highest BCUT2D eigenvalue weighted by molar-refractivity contribution is 6.06. The molecule has 0 amide bonds. The molecule has 276 valence electrons. The average molecular weight is 727 g/mol. The Kier molecular flexibility index (Phi) is 12.2. The summed E-state index contributed by atoms with van der Waals surface area (Å²) in [5.74, 6) is -5.77. The number of hydrogen-bond acceptors (Lipinski definition) is 11. The molecule has 0 aromatic heterocycles. The number of carbonyl (C=O) groups is 6. The number of ether oxygens (including phenoxy) is 3. The van der Waals surface area contributed by atoms with E-state index in [0.29, 0.717) is 35.5 Å². The standard InChI is InChI=1S/C41H39FO11/c42-27-14-12-26(13-15-27)35(43)20-11-25-9-16-28(17-10-25)53-49-21-7-5-3-1-2-4-6-8-36(44)50-29-18-19-30-31(33-24-37(45)51-39(33)46)23-34-38(32(30)22-29)41(48)52-40(34)47/h9-20,22,31,33-34,38H,1-8,21,23-24H2/b20-11+. The van der Waals surface area contributed by atoms with E-state index in [-0.39, 0.29) is 30.8 Å². The molecule has 12 heteroatoms. The number of rotatable bonds is 17. The highest BCUT2D eigenvalue weighted by Gasteiger charge is 2.54. The maximum atomic E-state index is 13.0. The molecule has 3 aliphatic rings. The van der Waals surface area contributed by atoms with Crippen LogP contribution in [0.15, 0.2) is 72.8 Å². The molecule has 0 saturated carbocycles. The minimum absolute atomic E-state index is 0.102. The summed E-state index contributed by atoms with van der Waals surface area (Å²) < 4.78 is 28.3. The second-order valence-electron chi connectivity index (χ2n) is 13.4. The van der Waals surface area contributed by atoms with Crippen molar-refractivity contribution in [3.05, 3.63) is 101 Å². The van der Waals surface area contributed by atoms with E-state index in [2.05, 4.69) is 0 Å². The van der Waals surface area contributed by atoms with E-state index < -0.39 is 59.3 Å². The average Bonchev–Trinajstić information content (AvgIpc) is 3.64. The number of esters is 5. The van der Waals surface area contributed by atoms with Gasteiger partial charge in [0.15, 0.2) is 11.5 Å². The maximum Gasteiger partial charge on any atom is 0.321 e. The first-order valence-electron chi connectivity index (χ1n) is 17.9. The zero-order chi connectivity index (χ0) is 37.3. The van der Waals surface area contributed by atoms with Gasteiger partial charge in [0.25, 0.3) is 0 Å². The summed E-state index contributed by atoms with van der Waals surface area (Å²) in [5.41, 5.74) is 2.33. The van der Waals surface area contributed by atoms with Crippen LogP contribution in [0.25, 0.3) is 6.08 Å². The lowest BCUT2D eigenvalue weighted by Crippen LogP contribution is -2.31. The van der Waals surface area contributed by atoms with E-state index >= 15 is 0 Å². The van der Waals surface area contributed by atoms with Crippen molar-refractivity contribution < 1.29 is 57.1 Å². The summed E-state index contributed by atoms with van der Waals surface area (Å²) in [6.45, 7) is 0.439. The molecule has 3 aromatic carbocycles. The normalized spacial score (nSPS) is 20.5. The fourth-order valence-electron chi connectivity index (χ4n) is 7.04. The molecule has 0 radical (unpaired) electrons. The number of fused-ring (bicyclic) bond motifs is 3. The molecule has 6 rings (SSSR count). The third-order valence-electron chi connectivity index (χ3n) is 9.78. The molecular weight excluding hydrogens is 687 g/mol. The molecule has 11 nitrogen and oxygen atoms in total. The Balaban J connectivity index is 0.842. The van der Waals surface area contributed by atoms with Gasteiger partial charge in [-0.1, -0.05) is 56.4 Å².